The number of rotatable bonds is 3. The van der Waals surface area contributed by atoms with Crippen LogP contribution in [0.3, 0.4) is 0 Å². The SMILES string of the molecule is Oc1c2c(nn1-c1ccccn1)CCN(Cc1ccccc1)C2. The highest BCUT2D eigenvalue weighted by Gasteiger charge is 2.25. The van der Waals surface area contributed by atoms with Gasteiger partial charge in [-0.1, -0.05) is 36.4 Å². The van der Waals surface area contributed by atoms with Gasteiger partial charge in [-0.2, -0.15) is 9.78 Å². The van der Waals surface area contributed by atoms with Gasteiger partial charge in [0, 0.05) is 32.3 Å². The van der Waals surface area contributed by atoms with Crippen LogP contribution in [0.15, 0.2) is 54.7 Å². The maximum Gasteiger partial charge on any atom is 0.220 e. The van der Waals surface area contributed by atoms with Gasteiger partial charge in [0.05, 0.1) is 11.3 Å². The zero-order valence-corrected chi connectivity index (χ0v) is 12.8. The van der Waals surface area contributed by atoms with E-state index in [1.165, 1.54) is 10.2 Å². The number of fused-ring (bicyclic) bond motifs is 1. The number of nitrogens with zero attached hydrogens (tertiary/aromatic N) is 4. The fraction of sp³-hybridized carbons (Fsp3) is 0.222. The molecule has 5 heteroatoms. The van der Waals surface area contributed by atoms with E-state index in [-0.39, 0.29) is 5.88 Å². The first-order valence-corrected chi connectivity index (χ1v) is 7.78. The Morgan fingerprint density at radius 1 is 1.04 bits per heavy atom. The standard InChI is InChI=1S/C18H18N4O/c23-18-15-13-21(12-14-6-2-1-3-7-14)11-9-16(15)20-22(18)17-8-4-5-10-19-17/h1-8,10,23H,9,11-13H2. The Balaban J connectivity index is 1.59. The van der Waals surface area contributed by atoms with E-state index in [0.717, 1.165) is 30.8 Å². The molecule has 0 amide bonds. The molecule has 3 aromatic rings. The van der Waals surface area contributed by atoms with E-state index >= 15 is 0 Å². The average molecular weight is 306 g/mol. The van der Waals surface area contributed by atoms with Crippen LogP contribution in [0, 0.1) is 0 Å². The first kappa shape index (κ1) is 14.0. The highest BCUT2D eigenvalue weighted by atomic mass is 16.3. The Morgan fingerprint density at radius 2 is 1.87 bits per heavy atom. The van der Waals surface area contributed by atoms with Crippen LogP contribution in [0.1, 0.15) is 16.8 Å². The van der Waals surface area contributed by atoms with Crippen molar-refractivity contribution in [1.29, 1.82) is 0 Å². The maximum atomic E-state index is 10.5. The van der Waals surface area contributed by atoms with Crippen molar-refractivity contribution in [1.82, 2.24) is 19.7 Å². The Morgan fingerprint density at radius 3 is 2.65 bits per heavy atom. The van der Waals surface area contributed by atoms with Crippen LogP contribution in [0.4, 0.5) is 0 Å². The maximum absolute atomic E-state index is 10.5. The fourth-order valence-electron chi connectivity index (χ4n) is 3.03. The molecule has 0 saturated heterocycles. The summed E-state index contributed by atoms with van der Waals surface area (Å²) in [5.74, 6) is 0.852. The summed E-state index contributed by atoms with van der Waals surface area (Å²) in [6.07, 6.45) is 2.55. The molecule has 1 aliphatic rings. The highest BCUT2D eigenvalue weighted by molar-refractivity contribution is 5.38. The van der Waals surface area contributed by atoms with Crippen molar-refractivity contribution >= 4 is 0 Å². The minimum absolute atomic E-state index is 0.205. The number of pyridine rings is 1. The summed E-state index contributed by atoms with van der Waals surface area (Å²) in [6.45, 7) is 2.54. The molecule has 0 unspecified atom stereocenters. The van der Waals surface area contributed by atoms with Gasteiger partial charge in [0.15, 0.2) is 5.82 Å². The molecule has 2 aromatic heterocycles. The number of hydrogen-bond acceptors (Lipinski definition) is 4. The molecule has 116 valence electrons. The summed E-state index contributed by atoms with van der Waals surface area (Å²) < 4.78 is 1.54. The molecular formula is C18H18N4O. The molecule has 0 fully saturated rings. The first-order valence-electron chi connectivity index (χ1n) is 7.78. The van der Waals surface area contributed by atoms with E-state index in [0.29, 0.717) is 12.4 Å². The van der Waals surface area contributed by atoms with E-state index in [2.05, 4.69) is 39.2 Å². The summed E-state index contributed by atoms with van der Waals surface area (Å²) in [4.78, 5) is 6.60. The van der Waals surface area contributed by atoms with Crippen LogP contribution in [-0.4, -0.2) is 31.3 Å². The third-order valence-corrected chi connectivity index (χ3v) is 4.20. The molecule has 1 aromatic carbocycles. The van der Waals surface area contributed by atoms with Crippen molar-refractivity contribution in [2.24, 2.45) is 0 Å². The van der Waals surface area contributed by atoms with Crippen molar-refractivity contribution < 1.29 is 5.11 Å². The van der Waals surface area contributed by atoms with Gasteiger partial charge >= 0.3 is 0 Å². The van der Waals surface area contributed by atoms with Gasteiger partial charge in [0.2, 0.25) is 5.88 Å². The van der Waals surface area contributed by atoms with E-state index in [9.17, 15) is 5.11 Å². The van der Waals surface area contributed by atoms with Gasteiger partial charge in [-0.05, 0) is 17.7 Å². The summed E-state index contributed by atoms with van der Waals surface area (Å²) >= 11 is 0. The van der Waals surface area contributed by atoms with Crippen LogP contribution in [0.5, 0.6) is 5.88 Å². The predicted molar refractivity (Wildman–Crippen MR) is 87.3 cm³/mol. The number of hydrogen-bond donors (Lipinski definition) is 1. The van der Waals surface area contributed by atoms with Crippen LogP contribution in [-0.2, 0) is 19.5 Å². The monoisotopic (exact) mass is 306 g/mol. The lowest BCUT2D eigenvalue weighted by atomic mass is 10.1. The Bertz CT molecular complexity index is 799. The first-order chi connectivity index (χ1) is 11.3. The Hall–Kier alpha value is -2.66. The van der Waals surface area contributed by atoms with Gasteiger partial charge in [0.1, 0.15) is 0 Å². The summed E-state index contributed by atoms with van der Waals surface area (Å²) in [5.41, 5.74) is 3.17. The van der Waals surface area contributed by atoms with Gasteiger partial charge in [-0.15, -0.1) is 0 Å². The van der Waals surface area contributed by atoms with Crippen molar-refractivity contribution in [2.75, 3.05) is 6.54 Å². The van der Waals surface area contributed by atoms with Crippen molar-refractivity contribution in [3.8, 4) is 11.7 Å². The van der Waals surface area contributed by atoms with E-state index in [1.807, 2.05) is 24.3 Å². The Kier molecular flexibility index (Phi) is 3.55. The van der Waals surface area contributed by atoms with E-state index in [1.54, 1.807) is 6.20 Å². The average Bonchev–Trinajstić information content (AvgIpc) is 2.93. The lowest BCUT2D eigenvalue weighted by Crippen LogP contribution is -2.29. The topological polar surface area (TPSA) is 54.2 Å². The van der Waals surface area contributed by atoms with Crippen LogP contribution in [0.25, 0.3) is 5.82 Å². The largest absolute Gasteiger partial charge is 0.493 e. The second-order valence-corrected chi connectivity index (χ2v) is 5.79. The van der Waals surface area contributed by atoms with Crippen LogP contribution in [0.2, 0.25) is 0 Å². The molecule has 3 heterocycles. The zero-order valence-electron chi connectivity index (χ0n) is 12.8. The number of aromatic nitrogens is 3. The molecular weight excluding hydrogens is 288 g/mol. The lowest BCUT2D eigenvalue weighted by Gasteiger charge is -2.26. The van der Waals surface area contributed by atoms with Gasteiger partial charge in [0.25, 0.3) is 0 Å². The molecule has 4 rings (SSSR count). The van der Waals surface area contributed by atoms with Crippen LogP contribution >= 0.6 is 0 Å². The molecule has 0 bridgehead atoms. The Labute approximate surface area is 134 Å². The molecule has 1 aliphatic heterocycles. The van der Waals surface area contributed by atoms with Gasteiger partial charge in [-0.25, -0.2) is 4.98 Å². The minimum atomic E-state index is 0.205. The van der Waals surface area contributed by atoms with Gasteiger partial charge in [-0.3, -0.25) is 4.90 Å². The molecule has 0 aliphatic carbocycles. The minimum Gasteiger partial charge on any atom is -0.493 e. The summed E-state index contributed by atoms with van der Waals surface area (Å²) in [5, 5.41) is 15.1. The summed E-state index contributed by atoms with van der Waals surface area (Å²) in [6, 6.07) is 16.0. The number of benzene rings is 1. The molecule has 23 heavy (non-hydrogen) atoms. The number of aromatic hydroxyl groups is 1. The molecule has 0 radical (unpaired) electrons. The molecule has 5 nitrogen and oxygen atoms in total. The molecule has 0 spiro atoms. The third kappa shape index (κ3) is 2.71. The zero-order chi connectivity index (χ0) is 15.6. The lowest BCUT2D eigenvalue weighted by molar-refractivity contribution is 0.241. The quantitative estimate of drug-likeness (QED) is 0.808. The molecule has 1 N–H and O–H groups in total. The molecule has 0 saturated carbocycles. The second kappa shape index (κ2) is 5.85. The van der Waals surface area contributed by atoms with Gasteiger partial charge < -0.3 is 5.11 Å². The van der Waals surface area contributed by atoms with E-state index in [4.69, 9.17) is 0 Å². The summed E-state index contributed by atoms with van der Waals surface area (Å²) in [7, 11) is 0. The highest BCUT2D eigenvalue weighted by Crippen LogP contribution is 2.29. The normalized spacial score (nSPS) is 14.6. The van der Waals surface area contributed by atoms with Crippen molar-refractivity contribution in [3.05, 3.63) is 71.5 Å². The molecule has 0 atom stereocenters. The fourth-order valence-corrected chi connectivity index (χ4v) is 3.03. The predicted octanol–water partition coefficient (Wildman–Crippen LogP) is 2.53. The third-order valence-electron chi connectivity index (χ3n) is 4.20. The smallest absolute Gasteiger partial charge is 0.220 e. The van der Waals surface area contributed by atoms with Crippen molar-refractivity contribution in [2.45, 2.75) is 19.5 Å². The second-order valence-electron chi connectivity index (χ2n) is 5.79. The van der Waals surface area contributed by atoms with Crippen LogP contribution < -0.4 is 0 Å². The van der Waals surface area contributed by atoms with E-state index < -0.39 is 0 Å². The van der Waals surface area contributed by atoms with Crippen molar-refractivity contribution in [3.63, 3.8) is 0 Å².